The van der Waals surface area contributed by atoms with Gasteiger partial charge in [-0.2, -0.15) is 5.10 Å². The van der Waals surface area contributed by atoms with E-state index in [0.717, 1.165) is 4.68 Å². The summed E-state index contributed by atoms with van der Waals surface area (Å²) in [7, 11) is -1.55. The lowest BCUT2D eigenvalue weighted by Crippen LogP contribution is -2.40. The number of aromatic nitrogens is 2. The molecular formula is C17H19N3O5S. The predicted octanol–water partition coefficient (Wildman–Crippen LogP) is 0.222. The Balaban J connectivity index is 1.78. The Hall–Kier alpha value is -2.68. The van der Waals surface area contributed by atoms with Gasteiger partial charge in [0.25, 0.3) is 5.56 Å². The average Bonchev–Trinajstić information content (AvgIpc) is 2.95. The van der Waals surface area contributed by atoms with E-state index in [2.05, 4.69) is 10.4 Å². The summed E-state index contributed by atoms with van der Waals surface area (Å²) in [5, 5.41) is 6.89. The Morgan fingerprint density at radius 1 is 1.31 bits per heavy atom. The van der Waals surface area contributed by atoms with Gasteiger partial charge in [-0.1, -0.05) is 12.1 Å². The van der Waals surface area contributed by atoms with Gasteiger partial charge in [0.15, 0.2) is 9.84 Å². The van der Waals surface area contributed by atoms with Crippen molar-refractivity contribution in [1.82, 2.24) is 15.1 Å². The van der Waals surface area contributed by atoms with Gasteiger partial charge in [0.2, 0.25) is 5.91 Å². The Kier molecular flexibility index (Phi) is 5.08. The number of para-hydroxylation sites is 1. The van der Waals surface area contributed by atoms with E-state index in [-0.39, 0.29) is 18.1 Å². The summed E-state index contributed by atoms with van der Waals surface area (Å²) in [6, 6.07) is 9.71. The van der Waals surface area contributed by atoms with Crippen LogP contribution in [0.15, 0.2) is 41.2 Å². The highest BCUT2D eigenvalue weighted by Gasteiger charge is 2.29. The number of sulfone groups is 1. The Morgan fingerprint density at radius 2 is 2.08 bits per heavy atom. The van der Waals surface area contributed by atoms with Gasteiger partial charge in [-0.25, -0.2) is 13.1 Å². The maximum atomic E-state index is 12.2. The van der Waals surface area contributed by atoms with Crippen molar-refractivity contribution >= 4 is 15.7 Å². The molecule has 1 saturated heterocycles. The molecule has 3 rings (SSSR count). The first kappa shape index (κ1) is 18.1. The van der Waals surface area contributed by atoms with Crippen LogP contribution >= 0.6 is 0 Å². The molecule has 2 aromatic rings. The third-order valence-corrected chi connectivity index (χ3v) is 5.91. The first-order chi connectivity index (χ1) is 12.4. The van der Waals surface area contributed by atoms with E-state index in [1.54, 1.807) is 18.2 Å². The average molecular weight is 377 g/mol. The van der Waals surface area contributed by atoms with Crippen LogP contribution in [0.25, 0.3) is 11.3 Å². The van der Waals surface area contributed by atoms with Crippen molar-refractivity contribution in [2.45, 2.75) is 19.0 Å². The van der Waals surface area contributed by atoms with E-state index < -0.39 is 27.3 Å². The topological polar surface area (TPSA) is 107 Å². The molecule has 1 N–H and O–H groups in total. The van der Waals surface area contributed by atoms with E-state index in [0.29, 0.717) is 23.4 Å². The molecule has 1 amide bonds. The standard InChI is InChI=1S/C17H19N3O5S/c1-25-15-5-3-2-4-13(15)14-6-7-17(22)20(19-14)10-16(21)18-12-8-9-26(23,24)11-12/h2-7,12H,8-11H2,1H3,(H,18,21). The van der Waals surface area contributed by atoms with Crippen molar-refractivity contribution in [3.63, 3.8) is 0 Å². The first-order valence-corrected chi connectivity index (χ1v) is 9.91. The highest BCUT2D eigenvalue weighted by atomic mass is 32.2. The SMILES string of the molecule is COc1ccccc1-c1ccc(=O)n(CC(=O)NC2CCS(=O)(=O)C2)n1. The van der Waals surface area contributed by atoms with Crippen LogP contribution in [0.2, 0.25) is 0 Å². The number of hydrogen-bond acceptors (Lipinski definition) is 6. The molecule has 1 fully saturated rings. The zero-order valence-electron chi connectivity index (χ0n) is 14.2. The Labute approximate surface area is 150 Å². The quantitative estimate of drug-likeness (QED) is 0.799. The highest BCUT2D eigenvalue weighted by Crippen LogP contribution is 2.27. The fourth-order valence-corrected chi connectivity index (χ4v) is 4.55. The zero-order chi connectivity index (χ0) is 18.7. The maximum Gasteiger partial charge on any atom is 0.267 e. The van der Waals surface area contributed by atoms with Crippen molar-refractivity contribution in [3.05, 3.63) is 46.8 Å². The lowest BCUT2D eigenvalue weighted by Gasteiger charge is -2.12. The molecule has 2 heterocycles. The highest BCUT2D eigenvalue weighted by molar-refractivity contribution is 7.91. The molecule has 1 unspecified atom stereocenters. The second-order valence-electron chi connectivity index (χ2n) is 6.08. The van der Waals surface area contributed by atoms with Crippen LogP contribution in [0.4, 0.5) is 0 Å². The first-order valence-electron chi connectivity index (χ1n) is 8.09. The van der Waals surface area contributed by atoms with E-state index in [4.69, 9.17) is 4.74 Å². The smallest absolute Gasteiger partial charge is 0.267 e. The van der Waals surface area contributed by atoms with Gasteiger partial charge in [0.05, 0.1) is 24.3 Å². The Bertz CT molecular complexity index is 984. The second kappa shape index (κ2) is 7.28. The number of hydrogen-bond donors (Lipinski definition) is 1. The number of benzene rings is 1. The number of nitrogens with one attached hydrogen (secondary N) is 1. The van der Waals surface area contributed by atoms with Crippen LogP contribution in [0.3, 0.4) is 0 Å². The van der Waals surface area contributed by atoms with Gasteiger partial charge in [-0.3, -0.25) is 9.59 Å². The number of amides is 1. The lowest BCUT2D eigenvalue weighted by molar-refractivity contribution is -0.122. The molecule has 138 valence electrons. The van der Waals surface area contributed by atoms with Crippen LogP contribution in [0, 0.1) is 0 Å². The van der Waals surface area contributed by atoms with Crippen LogP contribution in [0.1, 0.15) is 6.42 Å². The number of rotatable bonds is 5. The molecule has 1 aliphatic rings. The van der Waals surface area contributed by atoms with E-state index in [1.807, 2.05) is 12.1 Å². The minimum atomic E-state index is -3.09. The molecule has 0 aliphatic carbocycles. The van der Waals surface area contributed by atoms with Crippen molar-refractivity contribution in [2.24, 2.45) is 0 Å². The lowest BCUT2D eigenvalue weighted by atomic mass is 10.1. The zero-order valence-corrected chi connectivity index (χ0v) is 15.0. The fourth-order valence-electron chi connectivity index (χ4n) is 2.88. The van der Waals surface area contributed by atoms with Gasteiger partial charge >= 0.3 is 0 Å². The molecule has 1 aromatic heterocycles. The molecular weight excluding hydrogens is 358 g/mol. The van der Waals surface area contributed by atoms with Crippen molar-refractivity contribution in [1.29, 1.82) is 0 Å². The normalized spacial score (nSPS) is 18.4. The van der Waals surface area contributed by atoms with Crippen LogP contribution < -0.4 is 15.6 Å². The minimum absolute atomic E-state index is 0.0671. The maximum absolute atomic E-state index is 12.2. The van der Waals surface area contributed by atoms with Crippen molar-refractivity contribution in [3.8, 4) is 17.0 Å². The molecule has 8 nitrogen and oxygen atoms in total. The summed E-state index contributed by atoms with van der Waals surface area (Å²) in [4.78, 5) is 24.2. The monoisotopic (exact) mass is 377 g/mol. The third kappa shape index (κ3) is 4.10. The van der Waals surface area contributed by atoms with Gasteiger partial charge in [-0.15, -0.1) is 0 Å². The molecule has 1 aromatic carbocycles. The summed E-state index contributed by atoms with van der Waals surface area (Å²) in [6.07, 6.45) is 0.387. The predicted molar refractivity (Wildman–Crippen MR) is 95.7 cm³/mol. The molecule has 0 spiro atoms. The molecule has 0 saturated carbocycles. The van der Waals surface area contributed by atoms with Gasteiger partial charge < -0.3 is 10.1 Å². The van der Waals surface area contributed by atoms with Gasteiger partial charge in [0, 0.05) is 17.7 Å². The summed E-state index contributed by atoms with van der Waals surface area (Å²) in [5.41, 5.74) is 0.780. The molecule has 26 heavy (non-hydrogen) atoms. The largest absolute Gasteiger partial charge is 0.496 e. The molecule has 0 bridgehead atoms. The molecule has 1 atom stereocenters. The summed E-state index contributed by atoms with van der Waals surface area (Å²) >= 11 is 0. The van der Waals surface area contributed by atoms with E-state index in [9.17, 15) is 18.0 Å². The minimum Gasteiger partial charge on any atom is -0.496 e. The second-order valence-corrected chi connectivity index (χ2v) is 8.31. The Morgan fingerprint density at radius 3 is 2.77 bits per heavy atom. The number of ether oxygens (including phenoxy) is 1. The molecule has 9 heteroatoms. The summed E-state index contributed by atoms with van der Waals surface area (Å²) < 4.78 is 29.3. The summed E-state index contributed by atoms with van der Waals surface area (Å²) in [6.45, 7) is -0.279. The van der Waals surface area contributed by atoms with E-state index in [1.165, 1.54) is 13.2 Å². The summed E-state index contributed by atoms with van der Waals surface area (Å²) in [5.74, 6) is 0.159. The van der Waals surface area contributed by atoms with Crippen molar-refractivity contribution < 1.29 is 17.9 Å². The van der Waals surface area contributed by atoms with Crippen LogP contribution in [0.5, 0.6) is 5.75 Å². The van der Waals surface area contributed by atoms with Gasteiger partial charge in [0.1, 0.15) is 12.3 Å². The van der Waals surface area contributed by atoms with Crippen LogP contribution in [-0.2, 0) is 21.2 Å². The van der Waals surface area contributed by atoms with Crippen molar-refractivity contribution in [2.75, 3.05) is 18.6 Å². The number of methoxy groups -OCH3 is 1. The number of nitrogens with zero attached hydrogens (tertiary/aromatic N) is 2. The van der Waals surface area contributed by atoms with Crippen LogP contribution in [-0.4, -0.2) is 48.8 Å². The molecule has 0 radical (unpaired) electrons. The van der Waals surface area contributed by atoms with Gasteiger partial charge in [-0.05, 0) is 24.6 Å². The van der Waals surface area contributed by atoms with E-state index >= 15 is 0 Å². The number of carbonyl (C=O) groups is 1. The third-order valence-electron chi connectivity index (χ3n) is 4.14. The molecule has 1 aliphatic heterocycles. The fraction of sp³-hybridized carbons (Fsp3) is 0.353. The number of carbonyl (C=O) groups excluding carboxylic acids is 1.